The van der Waals surface area contributed by atoms with Gasteiger partial charge in [0.25, 0.3) is 0 Å². The highest BCUT2D eigenvalue weighted by Crippen LogP contribution is 2.25. The second kappa shape index (κ2) is 4.30. The fourth-order valence-electron chi connectivity index (χ4n) is 2.21. The van der Waals surface area contributed by atoms with Crippen LogP contribution in [-0.4, -0.2) is 11.6 Å². The molecule has 2 aromatic rings. The predicted molar refractivity (Wildman–Crippen MR) is 69.8 cm³/mol. The van der Waals surface area contributed by atoms with Gasteiger partial charge in [-0.15, -0.1) is 0 Å². The minimum absolute atomic E-state index is 0.515. The van der Waals surface area contributed by atoms with Gasteiger partial charge < -0.3 is 9.88 Å². The van der Waals surface area contributed by atoms with E-state index in [1.165, 1.54) is 22.0 Å². The summed E-state index contributed by atoms with van der Waals surface area (Å²) < 4.78 is 2.35. The summed E-state index contributed by atoms with van der Waals surface area (Å²) in [6.45, 7) is 7.56. The van der Waals surface area contributed by atoms with Crippen LogP contribution in [0.5, 0.6) is 0 Å². The van der Waals surface area contributed by atoms with Gasteiger partial charge in [0.1, 0.15) is 0 Å². The van der Waals surface area contributed by atoms with Gasteiger partial charge >= 0.3 is 0 Å². The lowest BCUT2D eigenvalue weighted by Crippen LogP contribution is -2.05. The molecule has 0 fully saturated rings. The van der Waals surface area contributed by atoms with Crippen molar-refractivity contribution in [3.05, 3.63) is 35.5 Å². The summed E-state index contributed by atoms with van der Waals surface area (Å²) >= 11 is 0. The van der Waals surface area contributed by atoms with E-state index in [0.717, 1.165) is 6.54 Å². The third-order valence-corrected chi connectivity index (χ3v) is 3.04. The molecule has 2 heteroatoms. The van der Waals surface area contributed by atoms with E-state index in [1.54, 1.807) is 0 Å². The first-order chi connectivity index (χ1) is 7.63. The molecular weight excluding hydrogens is 196 g/mol. The van der Waals surface area contributed by atoms with Crippen LogP contribution in [0.4, 0.5) is 0 Å². The summed E-state index contributed by atoms with van der Waals surface area (Å²) in [7, 11) is 1.98. The molecule has 1 heterocycles. The Hall–Kier alpha value is -1.28. The Morgan fingerprint density at radius 1 is 1.31 bits per heavy atom. The molecule has 0 radical (unpaired) electrons. The molecule has 2 rings (SSSR count). The average molecular weight is 216 g/mol. The number of aromatic nitrogens is 1. The van der Waals surface area contributed by atoms with E-state index in [2.05, 4.69) is 55.1 Å². The van der Waals surface area contributed by atoms with Crippen LogP contribution in [-0.2, 0) is 6.54 Å². The zero-order chi connectivity index (χ0) is 11.7. The smallest absolute Gasteiger partial charge is 0.0488 e. The number of benzene rings is 1. The Morgan fingerprint density at radius 3 is 2.69 bits per heavy atom. The zero-order valence-electron chi connectivity index (χ0n) is 10.5. The molecule has 16 heavy (non-hydrogen) atoms. The number of nitrogens with zero attached hydrogens (tertiary/aromatic N) is 1. The van der Waals surface area contributed by atoms with Gasteiger partial charge in [0.15, 0.2) is 0 Å². The Morgan fingerprint density at radius 2 is 2.06 bits per heavy atom. The maximum Gasteiger partial charge on any atom is 0.0488 e. The molecule has 0 saturated heterocycles. The molecule has 0 aliphatic carbocycles. The summed E-state index contributed by atoms with van der Waals surface area (Å²) in [6.07, 6.45) is 2.25. The van der Waals surface area contributed by atoms with E-state index in [0.29, 0.717) is 6.04 Å². The molecule has 0 amide bonds. The minimum Gasteiger partial charge on any atom is -0.345 e. The van der Waals surface area contributed by atoms with E-state index in [-0.39, 0.29) is 0 Å². The SMILES string of the molecule is CNCc1ccc2c(C)cn(C(C)C)c2c1. The van der Waals surface area contributed by atoms with E-state index < -0.39 is 0 Å². The molecule has 0 aliphatic rings. The average Bonchev–Trinajstić information content (AvgIpc) is 2.57. The Bertz CT molecular complexity index is 495. The molecule has 0 bridgehead atoms. The highest BCUT2D eigenvalue weighted by molar-refractivity contribution is 5.84. The molecule has 2 nitrogen and oxygen atoms in total. The van der Waals surface area contributed by atoms with Crippen LogP contribution in [0.1, 0.15) is 31.0 Å². The van der Waals surface area contributed by atoms with Gasteiger partial charge in [-0.1, -0.05) is 12.1 Å². The lowest BCUT2D eigenvalue weighted by atomic mass is 10.1. The molecule has 1 N–H and O–H groups in total. The molecule has 0 spiro atoms. The zero-order valence-corrected chi connectivity index (χ0v) is 10.5. The van der Waals surface area contributed by atoms with Crippen molar-refractivity contribution in [3.63, 3.8) is 0 Å². The fourth-order valence-corrected chi connectivity index (χ4v) is 2.21. The minimum atomic E-state index is 0.515. The van der Waals surface area contributed by atoms with Crippen molar-refractivity contribution in [2.45, 2.75) is 33.4 Å². The van der Waals surface area contributed by atoms with Crippen molar-refractivity contribution in [1.29, 1.82) is 0 Å². The normalized spacial score (nSPS) is 11.6. The van der Waals surface area contributed by atoms with Gasteiger partial charge in [-0.05, 0) is 45.0 Å². The van der Waals surface area contributed by atoms with E-state index in [9.17, 15) is 0 Å². The largest absolute Gasteiger partial charge is 0.345 e. The van der Waals surface area contributed by atoms with Crippen LogP contribution in [0.15, 0.2) is 24.4 Å². The molecule has 1 aromatic carbocycles. The summed E-state index contributed by atoms with van der Waals surface area (Å²) in [5.74, 6) is 0. The Balaban J connectivity index is 2.60. The number of fused-ring (bicyclic) bond motifs is 1. The Labute approximate surface area is 97.3 Å². The quantitative estimate of drug-likeness (QED) is 0.833. The van der Waals surface area contributed by atoms with Gasteiger partial charge in [-0.2, -0.15) is 0 Å². The maximum atomic E-state index is 3.19. The number of hydrogen-bond donors (Lipinski definition) is 1. The first-order valence-electron chi connectivity index (χ1n) is 5.88. The number of nitrogens with one attached hydrogen (secondary N) is 1. The first-order valence-corrected chi connectivity index (χ1v) is 5.88. The number of rotatable bonds is 3. The molecule has 0 aliphatic heterocycles. The molecule has 0 saturated carbocycles. The maximum absolute atomic E-state index is 3.19. The van der Waals surface area contributed by atoms with Gasteiger partial charge in [0.2, 0.25) is 0 Å². The first kappa shape index (κ1) is 11.2. The molecule has 0 atom stereocenters. The van der Waals surface area contributed by atoms with Crippen LogP contribution in [0.2, 0.25) is 0 Å². The van der Waals surface area contributed by atoms with E-state index in [4.69, 9.17) is 0 Å². The summed E-state index contributed by atoms with van der Waals surface area (Å²) in [5.41, 5.74) is 4.05. The molecular formula is C14H20N2. The second-order valence-corrected chi connectivity index (χ2v) is 4.69. The van der Waals surface area contributed by atoms with Crippen molar-refractivity contribution in [3.8, 4) is 0 Å². The fraction of sp³-hybridized carbons (Fsp3) is 0.429. The number of aryl methyl sites for hydroxylation is 1. The van der Waals surface area contributed by atoms with Crippen molar-refractivity contribution in [2.75, 3.05) is 7.05 Å². The highest BCUT2D eigenvalue weighted by atomic mass is 15.0. The molecule has 1 aromatic heterocycles. The second-order valence-electron chi connectivity index (χ2n) is 4.69. The highest BCUT2D eigenvalue weighted by Gasteiger charge is 2.08. The number of hydrogen-bond acceptors (Lipinski definition) is 1. The van der Waals surface area contributed by atoms with Crippen LogP contribution in [0, 0.1) is 6.92 Å². The van der Waals surface area contributed by atoms with Crippen LogP contribution >= 0.6 is 0 Å². The molecule has 0 unspecified atom stereocenters. The van der Waals surface area contributed by atoms with Gasteiger partial charge in [0.05, 0.1) is 0 Å². The van der Waals surface area contributed by atoms with Crippen LogP contribution in [0.25, 0.3) is 10.9 Å². The third kappa shape index (κ3) is 1.85. The van der Waals surface area contributed by atoms with Crippen molar-refractivity contribution in [2.24, 2.45) is 0 Å². The lowest BCUT2D eigenvalue weighted by molar-refractivity contribution is 0.621. The third-order valence-electron chi connectivity index (χ3n) is 3.04. The van der Waals surface area contributed by atoms with Crippen LogP contribution in [0.3, 0.4) is 0 Å². The van der Waals surface area contributed by atoms with E-state index in [1.807, 2.05) is 7.05 Å². The predicted octanol–water partition coefficient (Wildman–Crippen LogP) is 3.25. The van der Waals surface area contributed by atoms with Crippen molar-refractivity contribution >= 4 is 10.9 Å². The van der Waals surface area contributed by atoms with Crippen molar-refractivity contribution in [1.82, 2.24) is 9.88 Å². The topological polar surface area (TPSA) is 17.0 Å². The van der Waals surface area contributed by atoms with Gasteiger partial charge in [-0.3, -0.25) is 0 Å². The summed E-state index contributed by atoms with van der Waals surface area (Å²) in [4.78, 5) is 0. The standard InChI is InChI=1S/C14H20N2/c1-10(2)16-9-11(3)13-6-5-12(8-15-4)7-14(13)16/h5-7,9-10,15H,8H2,1-4H3. The summed E-state index contributed by atoms with van der Waals surface area (Å²) in [6, 6.07) is 7.24. The summed E-state index contributed by atoms with van der Waals surface area (Å²) in [5, 5.41) is 4.56. The van der Waals surface area contributed by atoms with E-state index >= 15 is 0 Å². The lowest BCUT2D eigenvalue weighted by Gasteiger charge is -2.10. The van der Waals surface area contributed by atoms with Crippen molar-refractivity contribution < 1.29 is 0 Å². The van der Waals surface area contributed by atoms with Crippen LogP contribution < -0.4 is 5.32 Å². The molecule has 86 valence electrons. The van der Waals surface area contributed by atoms with Gasteiger partial charge in [0, 0.05) is 29.7 Å². The van der Waals surface area contributed by atoms with Gasteiger partial charge in [-0.25, -0.2) is 0 Å². The monoisotopic (exact) mass is 216 g/mol. The Kier molecular flexibility index (Phi) is 3.01.